The Morgan fingerprint density at radius 3 is 2.82 bits per heavy atom. The highest BCUT2D eigenvalue weighted by atomic mass is 32.2. The maximum atomic E-state index is 12.6. The van der Waals surface area contributed by atoms with Gasteiger partial charge in [0.2, 0.25) is 5.91 Å². The normalized spacial score (nSPS) is 15.4. The number of benzene rings is 2. The quantitative estimate of drug-likeness (QED) is 0.495. The standard InChI is InChI=1S/C24H27N5O3S/c1-16-7-3-4-11-20(16)23(31)26-18-9-5-8-17(13-18)22-27-28-24(29(22)2)33-15-21(30)25-14-19-10-6-12-32-19/h3-5,7-9,11,13,19H,6,10,12,14-15H2,1-2H3,(H,25,30)(H,26,31). The van der Waals surface area contributed by atoms with Gasteiger partial charge >= 0.3 is 0 Å². The van der Waals surface area contributed by atoms with E-state index in [2.05, 4.69) is 20.8 Å². The van der Waals surface area contributed by atoms with E-state index < -0.39 is 0 Å². The molecule has 0 saturated carbocycles. The summed E-state index contributed by atoms with van der Waals surface area (Å²) >= 11 is 1.33. The molecule has 2 heterocycles. The minimum atomic E-state index is -0.159. The molecule has 1 aliphatic heterocycles. The Labute approximate surface area is 197 Å². The molecule has 2 N–H and O–H groups in total. The smallest absolute Gasteiger partial charge is 0.255 e. The maximum absolute atomic E-state index is 12.6. The summed E-state index contributed by atoms with van der Waals surface area (Å²) in [6, 6.07) is 14.9. The van der Waals surface area contributed by atoms with Gasteiger partial charge in [0, 0.05) is 37.0 Å². The number of carbonyl (C=O) groups is 2. The molecule has 2 amide bonds. The zero-order chi connectivity index (χ0) is 23.2. The Morgan fingerprint density at radius 1 is 1.18 bits per heavy atom. The van der Waals surface area contributed by atoms with Crippen LogP contribution in [0.25, 0.3) is 11.4 Å². The summed E-state index contributed by atoms with van der Waals surface area (Å²) in [5.74, 6) is 0.698. The predicted molar refractivity (Wildman–Crippen MR) is 128 cm³/mol. The Balaban J connectivity index is 1.38. The number of anilines is 1. The molecule has 0 radical (unpaired) electrons. The fraction of sp³-hybridized carbons (Fsp3) is 0.333. The molecule has 8 nitrogen and oxygen atoms in total. The first kappa shape index (κ1) is 23.0. The number of amides is 2. The number of nitrogens with zero attached hydrogens (tertiary/aromatic N) is 3. The van der Waals surface area contributed by atoms with E-state index in [9.17, 15) is 9.59 Å². The van der Waals surface area contributed by atoms with Crippen molar-refractivity contribution in [3.63, 3.8) is 0 Å². The number of thioether (sulfide) groups is 1. The molecular weight excluding hydrogens is 438 g/mol. The van der Waals surface area contributed by atoms with Gasteiger partial charge in [-0.25, -0.2) is 0 Å². The van der Waals surface area contributed by atoms with E-state index >= 15 is 0 Å². The van der Waals surface area contributed by atoms with Gasteiger partial charge in [0.25, 0.3) is 5.91 Å². The molecule has 3 aromatic rings. The lowest BCUT2D eigenvalue weighted by molar-refractivity contribution is -0.119. The minimum Gasteiger partial charge on any atom is -0.376 e. The number of aromatic nitrogens is 3. The summed E-state index contributed by atoms with van der Waals surface area (Å²) in [4.78, 5) is 24.8. The summed E-state index contributed by atoms with van der Waals surface area (Å²) in [5.41, 5.74) is 3.05. The van der Waals surface area contributed by atoms with Gasteiger partial charge in [0.05, 0.1) is 11.9 Å². The van der Waals surface area contributed by atoms with Gasteiger partial charge < -0.3 is 19.9 Å². The SMILES string of the molecule is Cc1ccccc1C(=O)Nc1cccc(-c2nnc(SCC(=O)NCC3CCCO3)n2C)c1. The van der Waals surface area contributed by atoms with Crippen LogP contribution in [0.3, 0.4) is 0 Å². The van der Waals surface area contributed by atoms with Crippen molar-refractivity contribution in [3.8, 4) is 11.4 Å². The predicted octanol–water partition coefficient (Wildman–Crippen LogP) is 3.43. The van der Waals surface area contributed by atoms with Gasteiger partial charge in [-0.1, -0.05) is 42.1 Å². The van der Waals surface area contributed by atoms with Crippen LogP contribution in [0.1, 0.15) is 28.8 Å². The average molecular weight is 466 g/mol. The van der Waals surface area contributed by atoms with Crippen molar-refractivity contribution in [2.24, 2.45) is 7.05 Å². The van der Waals surface area contributed by atoms with E-state index in [1.165, 1.54) is 11.8 Å². The largest absolute Gasteiger partial charge is 0.376 e. The van der Waals surface area contributed by atoms with E-state index in [-0.39, 0.29) is 23.7 Å². The first-order valence-electron chi connectivity index (χ1n) is 10.9. The van der Waals surface area contributed by atoms with Gasteiger partial charge in [0.1, 0.15) is 0 Å². The van der Waals surface area contributed by atoms with Crippen LogP contribution >= 0.6 is 11.8 Å². The lowest BCUT2D eigenvalue weighted by atomic mass is 10.1. The van der Waals surface area contributed by atoms with Gasteiger partial charge in [-0.3, -0.25) is 9.59 Å². The van der Waals surface area contributed by atoms with Crippen LogP contribution in [0.2, 0.25) is 0 Å². The Hall–Kier alpha value is -3.17. The highest BCUT2D eigenvalue weighted by Gasteiger charge is 2.17. The van der Waals surface area contributed by atoms with E-state index in [1.54, 1.807) is 6.07 Å². The lowest BCUT2D eigenvalue weighted by Crippen LogP contribution is -2.32. The molecule has 1 unspecified atom stereocenters. The fourth-order valence-corrected chi connectivity index (χ4v) is 4.41. The molecule has 1 saturated heterocycles. The van der Waals surface area contributed by atoms with Crippen molar-refractivity contribution in [1.29, 1.82) is 0 Å². The Morgan fingerprint density at radius 2 is 2.03 bits per heavy atom. The molecule has 4 rings (SSSR count). The van der Waals surface area contributed by atoms with Crippen molar-refractivity contribution >= 4 is 29.3 Å². The van der Waals surface area contributed by atoms with Crippen molar-refractivity contribution in [2.75, 3.05) is 24.2 Å². The van der Waals surface area contributed by atoms with Crippen LogP contribution in [0.15, 0.2) is 53.7 Å². The molecule has 2 aromatic carbocycles. The third-order valence-electron chi connectivity index (χ3n) is 5.49. The summed E-state index contributed by atoms with van der Waals surface area (Å²) in [6.45, 7) is 3.23. The van der Waals surface area contributed by atoms with Crippen molar-refractivity contribution in [3.05, 3.63) is 59.7 Å². The number of hydrogen-bond acceptors (Lipinski definition) is 6. The number of ether oxygens (including phenoxy) is 1. The number of carbonyl (C=O) groups excluding carboxylic acids is 2. The number of nitrogens with one attached hydrogen (secondary N) is 2. The molecular formula is C24H27N5O3S. The second-order valence-electron chi connectivity index (χ2n) is 7.94. The summed E-state index contributed by atoms with van der Waals surface area (Å²) in [5, 5.41) is 15.0. The van der Waals surface area contributed by atoms with Crippen LogP contribution in [0, 0.1) is 6.92 Å². The summed E-state index contributed by atoms with van der Waals surface area (Å²) in [6.07, 6.45) is 2.16. The number of aryl methyl sites for hydroxylation is 1. The molecule has 1 aromatic heterocycles. The van der Waals surface area contributed by atoms with Crippen LogP contribution in [-0.2, 0) is 16.6 Å². The van der Waals surface area contributed by atoms with E-state index in [1.807, 2.05) is 61.0 Å². The zero-order valence-electron chi connectivity index (χ0n) is 18.7. The zero-order valence-corrected chi connectivity index (χ0v) is 19.5. The monoisotopic (exact) mass is 465 g/mol. The number of rotatable bonds is 8. The van der Waals surface area contributed by atoms with Crippen molar-refractivity contribution in [1.82, 2.24) is 20.1 Å². The molecule has 0 bridgehead atoms. The average Bonchev–Trinajstić information content (AvgIpc) is 3.46. The number of hydrogen-bond donors (Lipinski definition) is 2. The third-order valence-corrected chi connectivity index (χ3v) is 6.51. The van der Waals surface area contributed by atoms with E-state index in [4.69, 9.17) is 4.74 Å². The highest BCUT2D eigenvalue weighted by molar-refractivity contribution is 7.99. The molecule has 1 aliphatic rings. The molecule has 0 aliphatic carbocycles. The Bertz CT molecular complexity index is 1140. The molecule has 172 valence electrons. The Kier molecular flexibility index (Phi) is 7.41. The van der Waals surface area contributed by atoms with Gasteiger partial charge in [0.15, 0.2) is 11.0 Å². The molecule has 9 heteroatoms. The van der Waals surface area contributed by atoms with E-state index in [0.717, 1.165) is 30.6 Å². The van der Waals surface area contributed by atoms with Gasteiger partial charge in [-0.2, -0.15) is 0 Å². The highest BCUT2D eigenvalue weighted by Crippen LogP contribution is 2.25. The molecule has 1 fully saturated rings. The molecule has 33 heavy (non-hydrogen) atoms. The second kappa shape index (κ2) is 10.6. The van der Waals surface area contributed by atoms with Crippen molar-refractivity contribution < 1.29 is 14.3 Å². The van der Waals surface area contributed by atoms with Crippen molar-refractivity contribution in [2.45, 2.75) is 31.0 Å². The van der Waals surface area contributed by atoms with Crippen LogP contribution in [0.5, 0.6) is 0 Å². The van der Waals surface area contributed by atoms with Crippen LogP contribution in [-0.4, -0.2) is 51.6 Å². The molecule has 1 atom stereocenters. The third kappa shape index (κ3) is 5.80. The van der Waals surface area contributed by atoms with Gasteiger partial charge in [-0.15, -0.1) is 10.2 Å². The lowest BCUT2D eigenvalue weighted by Gasteiger charge is -2.10. The second-order valence-corrected chi connectivity index (χ2v) is 8.89. The van der Waals surface area contributed by atoms with Gasteiger partial charge in [-0.05, 0) is 43.5 Å². The fourth-order valence-electron chi connectivity index (χ4n) is 3.67. The van der Waals surface area contributed by atoms with Crippen LogP contribution in [0.4, 0.5) is 5.69 Å². The summed E-state index contributed by atoms with van der Waals surface area (Å²) in [7, 11) is 1.86. The van der Waals surface area contributed by atoms with Crippen LogP contribution < -0.4 is 10.6 Å². The van der Waals surface area contributed by atoms with E-state index in [0.29, 0.717) is 28.8 Å². The molecule has 0 spiro atoms. The summed E-state index contributed by atoms with van der Waals surface area (Å²) < 4.78 is 7.38. The topological polar surface area (TPSA) is 98.1 Å². The first-order chi connectivity index (χ1) is 16.0. The first-order valence-corrected chi connectivity index (χ1v) is 11.9. The minimum absolute atomic E-state index is 0.0547. The maximum Gasteiger partial charge on any atom is 0.255 e.